The van der Waals surface area contributed by atoms with E-state index in [1.165, 1.54) is 6.17 Å². The highest BCUT2D eigenvalue weighted by atomic mass is 79.9. The highest BCUT2D eigenvalue weighted by Gasteiger charge is 2.03. The second kappa shape index (κ2) is 3.98. The van der Waals surface area contributed by atoms with Crippen molar-refractivity contribution in [3.05, 3.63) is 27.7 Å². The summed E-state index contributed by atoms with van der Waals surface area (Å²) in [7, 11) is 0. The summed E-state index contributed by atoms with van der Waals surface area (Å²) in [5.41, 5.74) is 6.85. The van der Waals surface area contributed by atoms with Crippen LogP contribution in [0.4, 0.5) is 10.1 Å². The highest BCUT2D eigenvalue weighted by Crippen LogP contribution is 2.22. The molecule has 0 aliphatic heterocycles. The molecule has 0 unspecified atom stereocenters. The van der Waals surface area contributed by atoms with E-state index in [1.807, 2.05) is 0 Å². The lowest BCUT2D eigenvalue weighted by molar-refractivity contribution is 0.774. The number of rotatable bonds is 0. The van der Waals surface area contributed by atoms with Gasteiger partial charge in [0.2, 0.25) is 0 Å². The predicted molar refractivity (Wildman–Crippen MR) is 54.5 cm³/mol. The minimum absolute atomic E-state index is 0.329. The number of nitrogen functional groups attached to an aromatic ring is 1. The zero-order chi connectivity index (χ0) is 9.84. The second-order valence-electron chi connectivity index (χ2n) is 2.28. The van der Waals surface area contributed by atoms with Gasteiger partial charge in [0.25, 0.3) is 0 Å². The minimum atomic E-state index is 0.329. The van der Waals surface area contributed by atoms with E-state index in [1.54, 1.807) is 12.1 Å². The molecule has 13 heavy (non-hydrogen) atoms. The van der Waals surface area contributed by atoms with Gasteiger partial charge in [-0.3, -0.25) is 0 Å². The third kappa shape index (κ3) is 2.02. The summed E-state index contributed by atoms with van der Waals surface area (Å²) < 4.78 is 12.5. The molecule has 1 nitrogen and oxygen atoms in total. The normalized spacial score (nSPS) is 8.38. The Morgan fingerprint density at radius 1 is 1.38 bits per heavy atom. The van der Waals surface area contributed by atoms with Gasteiger partial charge in [0.1, 0.15) is 6.17 Å². The van der Waals surface area contributed by atoms with Crippen molar-refractivity contribution in [3.63, 3.8) is 0 Å². The summed E-state index contributed by atoms with van der Waals surface area (Å²) in [6.45, 7) is 0. The minimum Gasteiger partial charge on any atom is -0.397 e. The number of hydrogen-bond donors (Lipinski definition) is 1. The van der Waals surface area contributed by atoms with Crippen LogP contribution in [0.1, 0.15) is 11.1 Å². The quantitative estimate of drug-likeness (QED) is 0.544. The van der Waals surface area contributed by atoms with Crippen LogP contribution in [0.3, 0.4) is 0 Å². The maximum atomic E-state index is 11.7. The maximum absolute atomic E-state index is 11.7. The Morgan fingerprint density at radius 3 is 2.54 bits per heavy atom. The molecule has 0 amide bonds. The number of nitrogens with two attached hydrogens (primary N) is 1. The van der Waals surface area contributed by atoms with Gasteiger partial charge in [-0.25, -0.2) is 0 Å². The monoisotopic (exact) mass is 237 g/mol. The number of anilines is 1. The predicted octanol–water partition coefficient (Wildman–Crippen LogP) is 2.29. The molecular formula is C10H5BrFN. The van der Waals surface area contributed by atoms with Crippen molar-refractivity contribution in [3.8, 4) is 24.4 Å². The Bertz CT molecular complexity index is 435. The van der Waals surface area contributed by atoms with E-state index in [9.17, 15) is 4.39 Å². The molecule has 0 atom stereocenters. The summed E-state index contributed by atoms with van der Waals surface area (Å²) in [5, 5.41) is 0. The van der Waals surface area contributed by atoms with Crippen molar-refractivity contribution in [1.82, 2.24) is 0 Å². The van der Waals surface area contributed by atoms with Crippen molar-refractivity contribution in [2.45, 2.75) is 0 Å². The number of terminal acetylenes is 1. The summed E-state index contributed by atoms with van der Waals surface area (Å²) in [4.78, 5) is 0. The lowest BCUT2D eigenvalue weighted by atomic mass is 10.1. The third-order valence-electron chi connectivity index (χ3n) is 1.48. The molecule has 1 aromatic carbocycles. The fourth-order valence-corrected chi connectivity index (χ4v) is 1.35. The summed E-state index contributed by atoms with van der Waals surface area (Å²) >= 11 is 3.22. The Balaban J connectivity index is 3.43. The number of halogens is 2. The van der Waals surface area contributed by atoms with Crippen LogP contribution < -0.4 is 5.73 Å². The van der Waals surface area contributed by atoms with Gasteiger partial charge in [0.05, 0.1) is 11.3 Å². The fourth-order valence-electron chi connectivity index (χ4n) is 0.892. The van der Waals surface area contributed by atoms with Crippen molar-refractivity contribution >= 4 is 21.6 Å². The van der Waals surface area contributed by atoms with E-state index in [4.69, 9.17) is 12.2 Å². The smallest absolute Gasteiger partial charge is 0.111 e. The molecule has 0 fully saturated rings. The van der Waals surface area contributed by atoms with Gasteiger partial charge in [0, 0.05) is 10.0 Å². The summed E-state index contributed by atoms with van der Waals surface area (Å²) in [6, 6.07) is 3.29. The molecule has 0 spiro atoms. The van der Waals surface area contributed by atoms with Crippen molar-refractivity contribution in [1.29, 1.82) is 0 Å². The molecule has 0 aromatic heterocycles. The fraction of sp³-hybridized carbons (Fsp3) is 0. The summed E-state index contributed by atoms with van der Waals surface area (Å²) in [6.07, 6.45) is 6.48. The molecule has 0 bridgehead atoms. The first-order valence-electron chi connectivity index (χ1n) is 3.36. The van der Waals surface area contributed by atoms with Gasteiger partial charge < -0.3 is 5.73 Å². The maximum Gasteiger partial charge on any atom is 0.111 e. The van der Waals surface area contributed by atoms with E-state index in [0.29, 0.717) is 16.8 Å². The van der Waals surface area contributed by atoms with E-state index < -0.39 is 0 Å². The molecule has 1 aromatic rings. The van der Waals surface area contributed by atoms with Gasteiger partial charge in [0.15, 0.2) is 0 Å². The highest BCUT2D eigenvalue weighted by molar-refractivity contribution is 9.10. The van der Waals surface area contributed by atoms with Gasteiger partial charge in [-0.15, -0.1) is 10.8 Å². The standard InChI is InChI=1S/C10H5BrFN/c1-2-7-5-9(11)6-8(3-4-12)10(7)13/h1,5-6H,13H2. The molecule has 2 N–H and O–H groups in total. The third-order valence-corrected chi connectivity index (χ3v) is 1.94. The Hall–Kier alpha value is -1.45. The summed E-state index contributed by atoms with van der Waals surface area (Å²) in [5.74, 6) is 4.61. The second-order valence-corrected chi connectivity index (χ2v) is 3.19. The lowest BCUT2D eigenvalue weighted by Crippen LogP contribution is -1.94. The SMILES string of the molecule is C#Cc1cc(Br)cc(C#CF)c1N. The first kappa shape index (κ1) is 9.64. The van der Waals surface area contributed by atoms with Gasteiger partial charge >= 0.3 is 0 Å². The van der Waals surface area contributed by atoms with E-state index in [0.717, 1.165) is 4.47 Å². The zero-order valence-electron chi connectivity index (χ0n) is 6.57. The van der Waals surface area contributed by atoms with Gasteiger partial charge in [-0.1, -0.05) is 21.9 Å². The van der Waals surface area contributed by atoms with Crippen molar-refractivity contribution < 1.29 is 4.39 Å². The average Bonchev–Trinajstić information content (AvgIpc) is 2.11. The van der Waals surface area contributed by atoms with Crippen LogP contribution in [0.25, 0.3) is 0 Å². The Kier molecular flexibility index (Phi) is 2.95. The molecule has 0 saturated heterocycles. The molecule has 0 saturated carbocycles. The lowest BCUT2D eigenvalue weighted by Gasteiger charge is -2.02. The zero-order valence-corrected chi connectivity index (χ0v) is 8.15. The van der Waals surface area contributed by atoms with Crippen LogP contribution in [-0.2, 0) is 0 Å². The number of benzene rings is 1. The molecular weight excluding hydrogens is 233 g/mol. The molecule has 0 aliphatic carbocycles. The molecule has 64 valence electrons. The Labute approximate surface area is 84.3 Å². The van der Waals surface area contributed by atoms with Crippen LogP contribution in [-0.4, -0.2) is 0 Å². The first-order valence-corrected chi connectivity index (χ1v) is 4.15. The van der Waals surface area contributed by atoms with Crippen LogP contribution in [0, 0.1) is 24.4 Å². The van der Waals surface area contributed by atoms with Crippen molar-refractivity contribution in [2.24, 2.45) is 0 Å². The molecule has 3 heteroatoms. The average molecular weight is 238 g/mol. The van der Waals surface area contributed by atoms with E-state index in [-0.39, 0.29) is 0 Å². The van der Waals surface area contributed by atoms with Crippen LogP contribution in [0.15, 0.2) is 16.6 Å². The molecule has 0 aliphatic rings. The topological polar surface area (TPSA) is 26.0 Å². The largest absolute Gasteiger partial charge is 0.397 e. The molecule has 0 radical (unpaired) electrons. The molecule has 1 rings (SSSR count). The van der Waals surface area contributed by atoms with Crippen molar-refractivity contribution in [2.75, 3.05) is 5.73 Å². The van der Waals surface area contributed by atoms with Gasteiger partial charge in [-0.05, 0) is 18.1 Å². The first-order chi connectivity index (χ1) is 6.19. The van der Waals surface area contributed by atoms with Crippen LogP contribution in [0.2, 0.25) is 0 Å². The van der Waals surface area contributed by atoms with E-state index >= 15 is 0 Å². The van der Waals surface area contributed by atoms with Crippen LogP contribution in [0.5, 0.6) is 0 Å². The number of hydrogen-bond acceptors (Lipinski definition) is 1. The van der Waals surface area contributed by atoms with E-state index in [2.05, 4.69) is 27.8 Å². The van der Waals surface area contributed by atoms with Gasteiger partial charge in [-0.2, -0.15) is 0 Å². The van der Waals surface area contributed by atoms with Crippen LogP contribution >= 0.6 is 15.9 Å². The Morgan fingerprint density at radius 2 is 2.00 bits per heavy atom. The molecule has 0 heterocycles.